The third-order valence-corrected chi connectivity index (χ3v) is 6.14. The van der Waals surface area contributed by atoms with E-state index in [1.165, 1.54) is 5.56 Å². The Bertz CT molecular complexity index is 1050. The normalized spacial score (nSPS) is 15.1. The first-order valence-corrected chi connectivity index (χ1v) is 10.8. The fraction of sp³-hybridized carbons (Fsp3) is 0.400. The zero-order valence-corrected chi connectivity index (χ0v) is 18.4. The van der Waals surface area contributed by atoms with Crippen LogP contribution in [-0.2, 0) is 16.0 Å². The van der Waals surface area contributed by atoms with Crippen LogP contribution < -0.4 is 9.47 Å². The summed E-state index contributed by atoms with van der Waals surface area (Å²) in [6.07, 6.45) is 3.34. The van der Waals surface area contributed by atoms with Crippen molar-refractivity contribution in [2.75, 3.05) is 40.5 Å². The monoisotopic (exact) mass is 422 g/mol. The van der Waals surface area contributed by atoms with Crippen molar-refractivity contribution in [1.29, 1.82) is 0 Å². The maximum absolute atomic E-state index is 13.3. The predicted octanol–water partition coefficient (Wildman–Crippen LogP) is 4.13. The number of methoxy groups -OCH3 is 2. The smallest absolute Gasteiger partial charge is 0.223 e. The molecule has 1 fully saturated rings. The van der Waals surface area contributed by atoms with Crippen LogP contribution in [0.4, 0.5) is 0 Å². The van der Waals surface area contributed by atoms with Gasteiger partial charge in [-0.3, -0.25) is 4.79 Å². The number of morpholine rings is 1. The summed E-state index contributed by atoms with van der Waals surface area (Å²) < 4.78 is 16.7. The number of hydrogen-bond donors (Lipinski definition) is 1. The lowest BCUT2D eigenvalue weighted by Gasteiger charge is -2.29. The van der Waals surface area contributed by atoms with E-state index < -0.39 is 0 Å². The largest absolute Gasteiger partial charge is 0.493 e. The maximum atomic E-state index is 13.3. The van der Waals surface area contributed by atoms with Crippen molar-refractivity contribution in [2.24, 2.45) is 0 Å². The Morgan fingerprint density at radius 3 is 2.58 bits per heavy atom. The van der Waals surface area contributed by atoms with Crippen molar-refractivity contribution in [1.82, 2.24) is 9.88 Å². The van der Waals surface area contributed by atoms with Crippen LogP contribution in [0.5, 0.6) is 11.5 Å². The van der Waals surface area contributed by atoms with E-state index >= 15 is 0 Å². The number of ether oxygens (including phenoxy) is 3. The molecule has 1 amide bonds. The van der Waals surface area contributed by atoms with Gasteiger partial charge in [0.15, 0.2) is 11.5 Å². The summed E-state index contributed by atoms with van der Waals surface area (Å²) >= 11 is 0. The van der Waals surface area contributed by atoms with Gasteiger partial charge in [0.1, 0.15) is 0 Å². The number of aromatic nitrogens is 1. The van der Waals surface area contributed by atoms with Crippen molar-refractivity contribution in [3.05, 3.63) is 59.3 Å². The van der Waals surface area contributed by atoms with Crippen LogP contribution in [0.15, 0.2) is 42.6 Å². The highest BCUT2D eigenvalue weighted by Crippen LogP contribution is 2.42. The summed E-state index contributed by atoms with van der Waals surface area (Å²) in [7, 11) is 3.28. The van der Waals surface area contributed by atoms with Crippen LogP contribution in [-0.4, -0.2) is 56.3 Å². The van der Waals surface area contributed by atoms with Crippen LogP contribution >= 0.6 is 0 Å². The van der Waals surface area contributed by atoms with Gasteiger partial charge in [-0.2, -0.15) is 0 Å². The highest BCUT2D eigenvalue weighted by molar-refractivity contribution is 5.88. The minimum atomic E-state index is -0.166. The van der Waals surface area contributed by atoms with Crippen LogP contribution in [0.25, 0.3) is 10.9 Å². The van der Waals surface area contributed by atoms with E-state index in [9.17, 15) is 4.79 Å². The molecule has 0 radical (unpaired) electrons. The second kappa shape index (κ2) is 9.43. The number of H-pyrrole nitrogens is 1. The summed E-state index contributed by atoms with van der Waals surface area (Å²) in [6.45, 7) is 4.60. The molecule has 1 atom stereocenters. The molecule has 1 aromatic heterocycles. The van der Waals surface area contributed by atoms with Gasteiger partial charge < -0.3 is 24.1 Å². The molecule has 2 heterocycles. The Labute approximate surface area is 183 Å². The number of rotatable bonds is 7. The van der Waals surface area contributed by atoms with Gasteiger partial charge >= 0.3 is 0 Å². The standard InChI is InChI=1S/C25H30N2O4/c1-4-17-7-5-8-18-21(16-26-24(17)18)20(15-23(28)27-11-13-31-14-12-27)19-9-6-10-22(29-2)25(19)30-3/h5-10,16,20,26H,4,11-15H2,1-3H3/t20-/m1/s1. The van der Waals surface area contributed by atoms with E-state index in [1.807, 2.05) is 29.3 Å². The van der Waals surface area contributed by atoms with Gasteiger partial charge in [0, 0.05) is 48.1 Å². The first-order chi connectivity index (χ1) is 15.2. The first kappa shape index (κ1) is 21.2. The summed E-state index contributed by atoms with van der Waals surface area (Å²) in [5.74, 6) is 1.30. The molecule has 1 N–H and O–H groups in total. The topological polar surface area (TPSA) is 63.8 Å². The van der Waals surface area contributed by atoms with Gasteiger partial charge in [0.05, 0.1) is 27.4 Å². The van der Waals surface area contributed by atoms with E-state index in [0.29, 0.717) is 44.2 Å². The quantitative estimate of drug-likeness (QED) is 0.622. The lowest BCUT2D eigenvalue weighted by Crippen LogP contribution is -2.41. The minimum Gasteiger partial charge on any atom is -0.493 e. The number of aromatic amines is 1. The van der Waals surface area contributed by atoms with Crippen molar-refractivity contribution in [3.63, 3.8) is 0 Å². The van der Waals surface area contributed by atoms with E-state index in [-0.39, 0.29) is 11.8 Å². The zero-order valence-electron chi connectivity index (χ0n) is 18.4. The number of nitrogens with one attached hydrogen (secondary N) is 1. The number of amides is 1. The summed E-state index contributed by atoms with van der Waals surface area (Å²) in [4.78, 5) is 18.6. The maximum Gasteiger partial charge on any atom is 0.223 e. The van der Waals surface area contributed by atoms with Gasteiger partial charge in [0.25, 0.3) is 0 Å². The first-order valence-electron chi connectivity index (χ1n) is 10.8. The third kappa shape index (κ3) is 4.12. The van der Waals surface area contributed by atoms with Gasteiger partial charge in [0.2, 0.25) is 5.91 Å². The number of hydrogen-bond acceptors (Lipinski definition) is 4. The second-order valence-electron chi connectivity index (χ2n) is 7.77. The highest BCUT2D eigenvalue weighted by atomic mass is 16.5. The van der Waals surface area contributed by atoms with Crippen molar-refractivity contribution >= 4 is 16.8 Å². The molecule has 0 spiro atoms. The predicted molar refractivity (Wildman–Crippen MR) is 121 cm³/mol. The molecule has 1 aliphatic rings. The summed E-state index contributed by atoms with van der Waals surface area (Å²) in [5.41, 5.74) is 4.44. The number of fused-ring (bicyclic) bond motifs is 1. The number of nitrogens with zero attached hydrogens (tertiary/aromatic N) is 1. The summed E-state index contributed by atoms with van der Waals surface area (Å²) in [6, 6.07) is 12.2. The molecule has 6 heteroatoms. The lowest BCUT2D eigenvalue weighted by molar-refractivity contribution is -0.135. The van der Waals surface area contributed by atoms with Crippen LogP contribution in [0, 0.1) is 0 Å². The number of para-hydroxylation sites is 2. The molecule has 6 nitrogen and oxygen atoms in total. The Morgan fingerprint density at radius 2 is 1.87 bits per heavy atom. The van der Waals surface area contributed by atoms with Crippen molar-refractivity contribution < 1.29 is 19.0 Å². The highest BCUT2D eigenvalue weighted by Gasteiger charge is 2.28. The van der Waals surface area contributed by atoms with Gasteiger partial charge in [-0.15, -0.1) is 0 Å². The van der Waals surface area contributed by atoms with Gasteiger partial charge in [-0.1, -0.05) is 37.3 Å². The molecule has 2 aromatic carbocycles. The molecule has 4 rings (SSSR count). The Kier molecular flexibility index (Phi) is 6.47. The minimum absolute atomic E-state index is 0.124. The molecular weight excluding hydrogens is 392 g/mol. The molecule has 1 aliphatic heterocycles. The van der Waals surface area contributed by atoms with Crippen molar-refractivity contribution in [2.45, 2.75) is 25.7 Å². The fourth-order valence-electron chi connectivity index (χ4n) is 4.51. The fourth-order valence-corrected chi connectivity index (χ4v) is 4.51. The Morgan fingerprint density at radius 1 is 1.10 bits per heavy atom. The van der Waals surface area contributed by atoms with Crippen LogP contribution in [0.2, 0.25) is 0 Å². The number of aryl methyl sites for hydroxylation is 1. The van der Waals surface area contributed by atoms with E-state index in [1.54, 1.807) is 14.2 Å². The second-order valence-corrected chi connectivity index (χ2v) is 7.77. The SMILES string of the molecule is CCc1cccc2c([C@H](CC(=O)N3CCOCC3)c3cccc(OC)c3OC)c[nH]c12. The molecule has 164 valence electrons. The van der Waals surface area contributed by atoms with Gasteiger partial charge in [-0.05, 0) is 23.6 Å². The molecule has 0 aliphatic carbocycles. The van der Waals surface area contributed by atoms with Gasteiger partial charge in [-0.25, -0.2) is 0 Å². The molecular formula is C25H30N2O4. The van der Waals surface area contributed by atoms with Crippen LogP contribution in [0.3, 0.4) is 0 Å². The molecule has 1 saturated heterocycles. The van der Waals surface area contributed by atoms with Crippen LogP contribution in [0.1, 0.15) is 36.0 Å². The van der Waals surface area contributed by atoms with E-state index in [2.05, 4.69) is 30.1 Å². The lowest BCUT2D eigenvalue weighted by atomic mass is 9.86. The Balaban J connectivity index is 1.81. The number of carbonyl (C=O) groups is 1. The zero-order chi connectivity index (χ0) is 21.8. The number of benzene rings is 2. The molecule has 0 bridgehead atoms. The summed E-state index contributed by atoms with van der Waals surface area (Å²) in [5, 5.41) is 1.14. The number of carbonyl (C=O) groups excluding carboxylic acids is 1. The van der Waals surface area contributed by atoms with Crippen molar-refractivity contribution in [3.8, 4) is 11.5 Å². The molecule has 3 aromatic rings. The molecule has 0 saturated carbocycles. The average molecular weight is 423 g/mol. The molecule has 31 heavy (non-hydrogen) atoms. The third-order valence-electron chi connectivity index (χ3n) is 6.14. The molecule has 0 unspecified atom stereocenters. The average Bonchev–Trinajstić information content (AvgIpc) is 3.26. The Hall–Kier alpha value is -2.99. The van der Waals surface area contributed by atoms with E-state index in [4.69, 9.17) is 14.2 Å². The van der Waals surface area contributed by atoms with E-state index in [0.717, 1.165) is 28.5 Å².